The molecule has 0 bridgehead atoms. The summed E-state index contributed by atoms with van der Waals surface area (Å²) < 4.78 is 18.4. The minimum atomic E-state index is -0.351. The van der Waals surface area contributed by atoms with E-state index >= 15 is 0 Å². The lowest BCUT2D eigenvalue weighted by Gasteiger charge is -2.03. The summed E-state index contributed by atoms with van der Waals surface area (Å²) in [6.45, 7) is 0. The molecule has 0 aliphatic rings. The fourth-order valence-electron chi connectivity index (χ4n) is 1.96. The van der Waals surface area contributed by atoms with Gasteiger partial charge in [-0.1, -0.05) is 35.5 Å². The first-order valence-corrected chi connectivity index (χ1v) is 8.36. The smallest absolute Gasteiger partial charge is 0.256 e. The molecule has 0 saturated heterocycles. The predicted octanol–water partition coefficient (Wildman–Crippen LogP) is 4.86. The molecule has 1 N–H and O–H groups in total. The van der Waals surface area contributed by atoms with E-state index in [2.05, 4.69) is 10.3 Å². The number of thioether (sulfide) groups is 1. The first-order valence-electron chi connectivity index (χ1n) is 7.00. The van der Waals surface area contributed by atoms with Crippen LogP contribution in [0.15, 0.2) is 64.4 Å². The third kappa shape index (κ3) is 4.37. The van der Waals surface area contributed by atoms with Crippen molar-refractivity contribution in [2.45, 2.75) is 5.22 Å². The minimum Gasteiger partial charge on any atom is -0.431 e. The van der Waals surface area contributed by atoms with Gasteiger partial charge < -0.3 is 9.73 Å². The molecular formula is C17H12ClFN2O2S. The monoisotopic (exact) mass is 362 g/mol. The van der Waals surface area contributed by atoms with E-state index in [0.717, 1.165) is 5.56 Å². The number of oxazole rings is 1. The van der Waals surface area contributed by atoms with E-state index in [1.54, 1.807) is 18.3 Å². The van der Waals surface area contributed by atoms with E-state index in [-0.39, 0.29) is 17.5 Å². The molecule has 0 fully saturated rings. The van der Waals surface area contributed by atoms with Gasteiger partial charge in [0.15, 0.2) is 5.76 Å². The van der Waals surface area contributed by atoms with Crippen LogP contribution in [0.3, 0.4) is 0 Å². The first-order chi connectivity index (χ1) is 11.6. The Morgan fingerprint density at radius 2 is 2.04 bits per heavy atom. The largest absolute Gasteiger partial charge is 0.431 e. The van der Waals surface area contributed by atoms with Gasteiger partial charge in [-0.05, 0) is 36.4 Å². The van der Waals surface area contributed by atoms with Crippen LogP contribution in [-0.4, -0.2) is 16.6 Å². The lowest BCUT2D eigenvalue weighted by atomic mass is 10.2. The molecule has 122 valence electrons. The van der Waals surface area contributed by atoms with E-state index in [0.29, 0.717) is 21.7 Å². The highest BCUT2D eigenvalue weighted by Gasteiger charge is 2.10. The summed E-state index contributed by atoms with van der Waals surface area (Å²) in [6.07, 6.45) is 1.59. The number of nitrogens with zero attached hydrogens (tertiary/aromatic N) is 1. The molecule has 0 aliphatic heterocycles. The first kappa shape index (κ1) is 16.5. The lowest BCUT2D eigenvalue weighted by Crippen LogP contribution is -2.13. The maximum atomic E-state index is 12.8. The Hall–Kier alpha value is -2.31. The Labute approximate surface area is 147 Å². The quantitative estimate of drug-likeness (QED) is 0.658. The maximum Gasteiger partial charge on any atom is 0.256 e. The molecule has 7 heteroatoms. The molecule has 24 heavy (non-hydrogen) atoms. The van der Waals surface area contributed by atoms with Crippen LogP contribution in [0.2, 0.25) is 5.02 Å². The van der Waals surface area contributed by atoms with Gasteiger partial charge in [-0.15, -0.1) is 0 Å². The van der Waals surface area contributed by atoms with E-state index in [1.165, 1.54) is 36.0 Å². The SMILES string of the molecule is O=C(CSc1ncc(-c2cccc(Cl)c2)o1)Nc1ccc(F)cc1. The van der Waals surface area contributed by atoms with Crippen molar-refractivity contribution in [3.63, 3.8) is 0 Å². The maximum absolute atomic E-state index is 12.8. The molecule has 3 rings (SSSR count). The fraction of sp³-hybridized carbons (Fsp3) is 0.0588. The van der Waals surface area contributed by atoms with E-state index in [1.807, 2.05) is 12.1 Å². The number of hydrogen-bond acceptors (Lipinski definition) is 4. The van der Waals surface area contributed by atoms with Gasteiger partial charge in [0.1, 0.15) is 5.82 Å². The number of hydrogen-bond donors (Lipinski definition) is 1. The molecule has 0 saturated carbocycles. The van der Waals surface area contributed by atoms with Crippen LogP contribution < -0.4 is 5.32 Å². The normalized spacial score (nSPS) is 10.6. The molecule has 1 heterocycles. The van der Waals surface area contributed by atoms with Gasteiger partial charge in [-0.2, -0.15) is 0 Å². The number of benzene rings is 2. The second kappa shape index (κ2) is 7.51. The third-order valence-corrected chi connectivity index (χ3v) is 4.13. The lowest BCUT2D eigenvalue weighted by molar-refractivity contribution is -0.113. The summed E-state index contributed by atoms with van der Waals surface area (Å²) >= 11 is 7.12. The average Bonchev–Trinajstić information content (AvgIpc) is 3.04. The van der Waals surface area contributed by atoms with Crippen molar-refractivity contribution >= 4 is 35.0 Å². The number of carbonyl (C=O) groups excluding carboxylic acids is 1. The highest BCUT2D eigenvalue weighted by molar-refractivity contribution is 7.99. The summed E-state index contributed by atoms with van der Waals surface area (Å²) in [5.74, 6) is 0.135. The van der Waals surface area contributed by atoms with Gasteiger partial charge in [0.25, 0.3) is 5.22 Å². The van der Waals surface area contributed by atoms with Gasteiger partial charge >= 0.3 is 0 Å². The minimum absolute atomic E-state index is 0.132. The summed E-state index contributed by atoms with van der Waals surface area (Å²) in [4.78, 5) is 16.0. The highest BCUT2D eigenvalue weighted by atomic mass is 35.5. The molecule has 0 aliphatic carbocycles. The van der Waals surface area contributed by atoms with Crippen LogP contribution in [0.25, 0.3) is 11.3 Å². The zero-order chi connectivity index (χ0) is 16.9. The van der Waals surface area contributed by atoms with E-state index < -0.39 is 0 Å². The van der Waals surface area contributed by atoms with Crippen molar-refractivity contribution in [2.75, 3.05) is 11.1 Å². The number of rotatable bonds is 5. The van der Waals surface area contributed by atoms with Gasteiger partial charge in [0.05, 0.1) is 11.9 Å². The molecule has 4 nitrogen and oxygen atoms in total. The Balaban J connectivity index is 1.57. The van der Waals surface area contributed by atoms with E-state index in [9.17, 15) is 9.18 Å². The standard InChI is InChI=1S/C17H12ClFN2O2S/c18-12-3-1-2-11(8-12)15-9-20-17(23-15)24-10-16(22)21-14-6-4-13(19)5-7-14/h1-9H,10H2,(H,21,22). The van der Waals surface area contributed by atoms with Crippen LogP contribution in [0.1, 0.15) is 0 Å². The summed E-state index contributed by atoms with van der Waals surface area (Å²) in [5.41, 5.74) is 1.35. The molecule has 1 aromatic heterocycles. The number of anilines is 1. The summed E-state index contributed by atoms with van der Waals surface area (Å²) in [6, 6.07) is 12.8. The van der Waals surface area contributed by atoms with Crippen molar-refractivity contribution < 1.29 is 13.6 Å². The molecule has 0 spiro atoms. The molecule has 3 aromatic rings. The number of aromatic nitrogens is 1. The predicted molar refractivity (Wildman–Crippen MR) is 92.7 cm³/mol. The molecule has 0 atom stereocenters. The van der Waals surface area contributed by atoms with Crippen molar-refractivity contribution in [1.82, 2.24) is 4.98 Å². The van der Waals surface area contributed by atoms with Crippen LogP contribution in [0, 0.1) is 5.82 Å². The molecule has 2 aromatic carbocycles. The Bertz CT molecular complexity index is 852. The molecule has 0 unspecified atom stereocenters. The van der Waals surface area contributed by atoms with Crippen LogP contribution in [0.5, 0.6) is 0 Å². The zero-order valence-electron chi connectivity index (χ0n) is 12.3. The van der Waals surface area contributed by atoms with Crippen molar-refractivity contribution in [3.05, 3.63) is 65.6 Å². The Morgan fingerprint density at radius 3 is 2.79 bits per heavy atom. The van der Waals surface area contributed by atoms with Crippen molar-refractivity contribution in [3.8, 4) is 11.3 Å². The number of carbonyl (C=O) groups is 1. The van der Waals surface area contributed by atoms with Gasteiger partial charge in [0.2, 0.25) is 5.91 Å². The molecular weight excluding hydrogens is 351 g/mol. The van der Waals surface area contributed by atoms with Gasteiger partial charge in [-0.3, -0.25) is 4.79 Å². The topological polar surface area (TPSA) is 55.1 Å². The second-order valence-electron chi connectivity index (χ2n) is 4.84. The van der Waals surface area contributed by atoms with Crippen molar-refractivity contribution in [2.24, 2.45) is 0 Å². The van der Waals surface area contributed by atoms with Gasteiger partial charge in [-0.25, -0.2) is 9.37 Å². The van der Waals surface area contributed by atoms with Crippen LogP contribution in [0.4, 0.5) is 10.1 Å². The third-order valence-electron chi connectivity index (χ3n) is 3.05. The van der Waals surface area contributed by atoms with Crippen LogP contribution >= 0.6 is 23.4 Å². The average molecular weight is 363 g/mol. The Kier molecular flexibility index (Phi) is 5.17. The summed E-state index contributed by atoms with van der Waals surface area (Å²) in [5, 5.41) is 3.67. The number of nitrogens with one attached hydrogen (secondary N) is 1. The second-order valence-corrected chi connectivity index (χ2v) is 6.21. The molecule has 0 radical (unpaired) electrons. The summed E-state index contributed by atoms with van der Waals surface area (Å²) in [7, 11) is 0. The fourth-order valence-corrected chi connectivity index (χ4v) is 2.75. The van der Waals surface area contributed by atoms with Crippen LogP contribution in [-0.2, 0) is 4.79 Å². The van der Waals surface area contributed by atoms with E-state index in [4.69, 9.17) is 16.0 Å². The zero-order valence-corrected chi connectivity index (χ0v) is 13.9. The highest BCUT2D eigenvalue weighted by Crippen LogP contribution is 2.27. The van der Waals surface area contributed by atoms with Crippen molar-refractivity contribution in [1.29, 1.82) is 0 Å². The van der Waals surface area contributed by atoms with Gasteiger partial charge in [0, 0.05) is 16.3 Å². The number of amides is 1. The number of halogens is 2. The molecule has 1 amide bonds. The Morgan fingerprint density at radius 1 is 1.25 bits per heavy atom.